The van der Waals surface area contributed by atoms with Gasteiger partial charge in [0, 0.05) is 19.6 Å². The zero-order valence-electron chi connectivity index (χ0n) is 12.2. The van der Waals surface area contributed by atoms with Gasteiger partial charge in [0.2, 0.25) is 0 Å². The summed E-state index contributed by atoms with van der Waals surface area (Å²) in [5.41, 5.74) is 0.522. The fourth-order valence-electron chi connectivity index (χ4n) is 2.42. The summed E-state index contributed by atoms with van der Waals surface area (Å²) in [7, 11) is 0. The molecule has 0 bridgehead atoms. The molecule has 22 heavy (non-hydrogen) atoms. The lowest BCUT2D eigenvalue weighted by molar-refractivity contribution is 0.0378. The largest absolute Gasteiger partial charge is 0.476 e. The highest BCUT2D eigenvalue weighted by Gasteiger charge is 2.10. The van der Waals surface area contributed by atoms with E-state index in [0.29, 0.717) is 11.5 Å². The maximum Gasteiger partial charge on any atom is 0.356 e. The summed E-state index contributed by atoms with van der Waals surface area (Å²) in [6.45, 7) is 5.48. The van der Waals surface area contributed by atoms with Crippen LogP contribution in [0.15, 0.2) is 18.3 Å². The molecule has 8 heteroatoms. The number of morpholine rings is 1. The van der Waals surface area contributed by atoms with Crippen molar-refractivity contribution < 1.29 is 14.6 Å². The Morgan fingerprint density at radius 2 is 2.18 bits per heavy atom. The normalized spacial score (nSPS) is 16.0. The molecule has 1 saturated heterocycles. The molecule has 0 amide bonds. The average molecular weight is 305 g/mol. The molecule has 3 heterocycles. The van der Waals surface area contributed by atoms with Crippen molar-refractivity contribution >= 4 is 17.4 Å². The van der Waals surface area contributed by atoms with Gasteiger partial charge in [0.15, 0.2) is 11.3 Å². The molecular weight excluding hydrogens is 286 g/mol. The van der Waals surface area contributed by atoms with E-state index >= 15 is 0 Å². The molecule has 118 valence electrons. The Bertz CT molecular complexity index is 651. The third-order valence-electron chi connectivity index (χ3n) is 3.60. The molecule has 0 unspecified atom stereocenters. The Morgan fingerprint density at radius 1 is 1.36 bits per heavy atom. The quantitative estimate of drug-likeness (QED) is 0.753. The van der Waals surface area contributed by atoms with Crippen LogP contribution in [0.2, 0.25) is 0 Å². The molecule has 3 rings (SSSR count). The Labute approximate surface area is 127 Å². The van der Waals surface area contributed by atoms with Gasteiger partial charge in [-0.25, -0.2) is 14.3 Å². The molecule has 8 nitrogen and oxygen atoms in total. The summed E-state index contributed by atoms with van der Waals surface area (Å²) in [6, 6.07) is 3.56. The Morgan fingerprint density at radius 3 is 2.95 bits per heavy atom. The van der Waals surface area contributed by atoms with Crippen LogP contribution in [0.5, 0.6) is 0 Å². The summed E-state index contributed by atoms with van der Waals surface area (Å²) in [5, 5.41) is 16.5. The second-order valence-electron chi connectivity index (χ2n) is 5.19. The minimum absolute atomic E-state index is 0.00281. The van der Waals surface area contributed by atoms with Crippen molar-refractivity contribution in [3.05, 3.63) is 24.0 Å². The highest BCUT2D eigenvalue weighted by Crippen LogP contribution is 2.08. The lowest BCUT2D eigenvalue weighted by Crippen LogP contribution is -2.37. The van der Waals surface area contributed by atoms with Crippen LogP contribution in [0.3, 0.4) is 0 Å². The van der Waals surface area contributed by atoms with Gasteiger partial charge in [-0.05, 0) is 25.1 Å². The van der Waals surface area contributed by atoms with Crippen molar-refractivity contribution in [2.75, 3.05) is 44.7 Å². The predicted molar refractivity (Wildman–Crippen MR) is 80.3 cm³/mol. The Kier molecular flexibility index (Phi) is 4.50. The third kappa shape index (κ3) is 3.52. The Balaban J connectivity index is 1.51. The highest BCUT2D eigenvalue weighted by molar-refractivity contribution is 5.86. The number of rotatable bonds is 6. The van der Waals surface area contributed by atoms with Crippen molar-refractivity contribution in [2.24, 2.45) is 0 Å². The van der Waals surface area contributed by atoms with Gasteiger partial charge in [0.1, 0.15) is 5.82 Å². The molecule has 0 saturated carbocycles. The van der Waals surface area contributed by atoms with Crippen LogP contribution >= 0.6 is 0 Å². The van der Waals surface area contributed by atoms with Gasteiger partial charge in [0.25, 0.3) is 0 Å². The zero-order chi connectivity index (χ0) is 15.4. The summed E-state index contributed by atoms with van der Waals surface area (Å²) in [6.07, 6.45) is 2.43. The molecule has 0 atom stereocenters. The second kappa shape index (κ2) is 6.71. The number of hydrogen-bond donors (Lipinski definition) is 2. The van der Waals surface area contributed by atoms with E-state index in [2.05, 4.69) is 20.3 Å². The number of carboxylic acids is 1. The van der Waals surface area contributed by atoms with Crippen molar-refractivity contribution in [3.63, 3.8) is 0 Å². The summed E-state index contributed by atoms with van der Waals surface area (Å²) >= 11 is 0. The van der Waals surface area contributed by atoms with E-state index in [-0.39, 0.29) is 5.69 Å². The number of carboxylic acid groups (broad SMARTS) is 1. The highest BCUT2D eigenvalue weighted by atomic mass is 16.5. The van der Waals surface area contributed by atoms with Gasteiger partial charge in [0.05, 0.1) is 19.4 Å². The van der Waals surface area contributed by atoms with Crippen molar-refractivity contribution in [1.29, 1.82) is 0 Å². The first-order valence-electron chi connectivity index (χ1n) is 7.36. The number of carbonyl (C=O) groups is 1. The van der Waals surface area contributed by atoms with Crippen molar-refractivity contribution in [2.45, 2.75) is 6.42 Å². The molecule has 1 aliphatic rings. The van der Waals surface area contributed by atoms with E-state index < -0.39 is 5.97 Å². The maximum absolute atomic E-state index is 10.9. The lowest BCUT2D eigenvalue weighted by Gasteiger charge is -2.26. The fourth-order valence-corrected chi connectivity index (χ4v) is 2.42. The zero-order valence-corrected chi connectivity index (χ0v) is 12.2. The van der Waals surface area contributed by atoms with Crippen LogP contribution in [0.1, 0.15) is 16.9 Å². The van der Waals surface area contributed by atoms with Gasteiger partial charge >= 0.3 is 5.97 Å². The molecule has 2 N–H and O–H groups in total. The molecule has 0 spiro atoms. The maximum atomic E-state index is 10.9. The van der Waals surface area contributed by atoms with Crippen LogP contribution in [0.25, 0.3) is 5.65 Å². The minimum Gasteiger partial charge on any atom is -0.476 e. The first kappa shape index (κ1) is 14.7. The summed E-state index contributed by atoms with van der Waals surface area (Å²) < 4.78 is 6.80. The number of fused-ring (bicyclic) bond motifs is 1. The molecular formula is C14H19N5O3. The number of anilines is 1. The molecule has 0 aliphatic carbocycles. The van der Waals surface area contributed by atoms with E-state index in [0.717, 1.165) is 45.8 Å². The van der Waals surface area contributed by atoms with Crippen LogP contribution in [0.4, 0.5) is 5.82 Å². The van der Waals surface area contributed by atoms with Gasteiger partial charge in [-0.15, -0.1) is 5.10 Å². The van der Waals surface area contributed by atoms with Gasteiger partial charge < -0.3 is 15.2 Å². The summed E-state index contributed by atoms with van der Waals surface area (Å²) in [4.78, 5) is 17.2. The number of nitrogens with one attached hydrogen (secondary N) is 1. The molecule has 1 aliphatic heterocycles. The number of aromatic nitrogens is 3. The molecule has 0 aromatic carbocycles. The number of nitrogens with zero attached hydrogens (tertiary/aromatic N) is 4. The van der Waals surface area contributed by atoms with E-state index in [1.54, 1.807) is 6.07 Å². The number of imidazole rings is 1. The van der Waals surface area contributed by atoms with Crippen molar-refractivity contribution in [1.82, 2.24) is 19.5 Å². The first-order chi connectivity index (χ1) is 10.7. The number of aromatic carboxylic acids is 1. The average Bonchev–Trinajstić information content (AvgIpc) is 2.96. The van der Waals surface area contributed by atoms with Crippen molar-refractivity contribution in [3.8, 4) is 0 Å². The van der Waals surface area contributed by atoms with Gasteiger partial charge in [-0.1, -0.05) is 0 Å². The van der Waals surface area contributed by atoms with Crippen LogP contribution < -0.4 is 5.32 Å². The van der Waals surface area contributed by atoms with E-state index in [4.69, 9.17) is 9.84 Å². The molecule has 2 aromatic rings. The van der Waals surface area contributed by atoms with Crippen LogP contribution in [-0.4, -0.2) is 70.0 Å². The number of hydrogen-bond acceptors (Lipinski definition) is 6. The monoisotopic (exact) mass is 305 g/mol. The fraction of sp³-hybridized carbons (Fsp3) is 0.500. The lowest BCUT2D eigenvalue weighted by atomic mass is 10.3. The second-order valence-corrected chi connectivity index (χ2v) is 5.19. The SMILES string of the molecule is O=C(O)c1cn2nc(NCCCN3CCOCC3)ccc2n1. The predicted octanol–water partition coefficient (Wildman–Crippen LogP) is 0.562. The van der Waals surface area contributed by atoms with E-state index in [1.807, 2.05) is 6.07 Å². The smallest absolute Gasteiger partial charge is 0.356 e. The topological polar surface area (TPSA) is 92.0 Å². The van der Waals surface area contributed by atoms with Gasteiger partial charge in [-0.3, -0.25) is 4.90 Å². The molecule has 0 radical (unpaired) electrons. The number of ether oxygens (including phenoxy) is 1. The van der Waals surface area contributed by atoms with Crippen LogP contribution in [0, 0.1) is 0 Å². The van der Waals surface area contributed by atoms with Crippen LogP contribution in [-0.2, 0) is 4.74 Å². The minimum atomic E-state index is -1.05. The standard InChI is InChI=1S/C14H19N5O3/c20-14(21)11-10-19-13(16-11)3-2-12(17-19)15-4-1-5-18-6-8-22-9-7-18/h2-3,10H,1,4-9H2,(H,15,17)(H,20,21). The Hall–Kier alpha value is -2.19. The molecule has 1 fully saturated rings. The van der Waals surface area contributed by atoms with E-state index in [9.17, 15) is 4.79 Å². The van der Waals surface area contributed by atoms with E-state index in [1.165, 1.54) is 10.7 Å². The molecule has 2 aromatic heterocycles. The van der Waals surface area contributed by atoms with Gasteiger partial charge in [-0.2, -0.15) is 0 Å². The summed E-state index contributed by atoms with van der Waals surface area (Å²) in [5.74, 6) is -0.339. The first-order valence-corrected chi connectivity index (χ1v) is 7.36. The third-order valence-corrected chi connectivity index (χ3v) is 3.60.